The molecule has 12 heavy (non-hydrogen) atoms. The van der Waals surface area contributed by atoms with Gasteiger partial charge >= 0.3 is 0 Å². The van der Waals surface area contributed by atoms with E-state index in [2.05, 4.69) is 13.8 Å². The van der Waals surface area contributed by atoms with Crippen LogP contribution in [-0.2, 0) is 4.79 Å². The molecule has 3 nitrogen and oxygen atoms in total. The molecule has 0 radical (unpaired) electrons. The van der Waals surface area contributed by atoms with Crippen LogP contribution in [-0.4, -0.2) is 11.4 Å². The van der Waals surface area contributed by atoms with E-state index in [1.807, 2.05) is 6.92 Å². The smallest absolute Gasteiger partial charge is 0.237 e. The quantitative estimate of drug-likeness (QED) is 0.606. The summed E-state index contributed by atoms with van der Waals surface area (Å²) in [4.78, 5) is 11.1. The number of amides is 1. The minimum Gasteiger partial charge on any atom is -0.368 e. The minimum absolute atomic E-state index is 0.156. The molecular formula is C9H18N2O. The van der Waals surface area contributed by atoms with Gasteiger partial charge in [-0.3, -0.25) is 4.79 Å². The van der Waals surface area contributed by atoms with Gasteiger partial charge in [-0.1, -0.05) is 20.8 Å². The molecule has 0 aromatic carbocycles. The first-order valence-corrected chi connectivity index (χ1v) is 4.37. The minimum atomic E-state index is -0.774. The van der Waals surface area contributed by atoms with Crippen molar-refractivity contribution in [2.75, 3.05) is 0 Å². The Morgan fingerprint density at radius 3 is 2.17 bits per heavy atom. The van der Waals surface area contributed by atoms with Gasteiger partial charge in [0, 0.05) is 0 Å². The normalized spacial score (nSPS) is 39.8. The first kappa shape index (κ1) is 9.52. The van der Waals surface area contributed by atoms with Crippen molar-refractivity contribution in [3.05, 3.63) is 0 Å². The molecule has 1 amide bonds. The molecule has 2 unspecified atom stereocenters. The van der Waals surface area contributed by atoms with Crippen LogP contribution in [0.2, 0.25) is 0 Å². The summed E-state index contributed by atoms with van der Waals surface area (Å²) in [5.74, 6) is -0.162. The molecule has 0 heterocycles. The Labute approximate surface area is 73.5 Å². The molecule has 1 rings (SSSR count). The zero-order valence-corrected chi connectivity index (χ0v) is 8.05. The predicted octanol–water partition coefficient (Wildman–Crippen LogP) is 0.625. The van der Waals surface area contributed by atoms with Crippen molar-refractivity contribution in [2.24, 2.45) is 22.8 Å². The van der Waals surface area contributed by atoms with Crippen molar-refractivity contribution in [3.63, 3.8) is 0 Å². The fraction of sp³-hybridized carbons (Fsp3) is 0.889. The van der Waals surface area contributed by atoms with Crippen LogP contribution in [0.25, 0.3) is 0 Å². The Bertz CT molecular complexity index is 213. The second kappa shape index (κ2) is 2.46. The molecule has 0 saturated heterocycles. The maximum Gasteiger partial charge on any atom is 0.237 e. The molecular weight excluding hydrogens is 152 g/mol. The fourth-order valence-corrected chi connectivity index (χ4v) is 2.38. The molecule has 0 spiro atoms. The monoisotopic (exact) mass is 170 g/mol. The molecule has 0 aliphatic heterocycles. The summed E-state index contributed by atoms with van der Waals surface area (Å²) in [6, 6.07) is 0. The third kappa shape index (κ3) is 1.33. The Morgan fingerprint density at radius 2 is 2.00 bits per heavy atom. The van der Waals surface area contributed by atoms with E-state index in [9.17, 15) is 4.79 Å². The van der Waals surface area contributed by atoms with Crippen LogP contribution in [0.4, 0.5) is 0 Å². The van der Waals surface area contributed by atoms with E-state index in [1.54, 1.807) is 0 Å². The van der Waals surface area contributed by atoms with Gasteiger partial charge in [-0.2, -0.15) is 0 Å². The maximum atomic E-state index is 11.1. The SMILES string of the molecule is CC1CC(C)(C)CC1(N)C(N)=O. The summed E-state index contributed by atoms with van der Waals surface area (Å²) in [6.07, 6.45) is 1.68. The molecule has 70 valence electrons. The zero-order chi connectivity index (χ0) is 9.57. The molecule has 1 aliphatic rings. The summed E-state index contributed by atoms with van der Waals surface area (Å²) < 4.78 is 0. The van der Waals surface area contributed by atoms with Crippen LogP contribution in [0.15, 0.2) is 0 Å². The molecule has 2 atom stereocenters. The molecule has 0 aromatic heterocycles. The van der Waals surface area contributed by atoms with Gasteiger partial charge in [0.25, 0.3) is 0 Å². The molecule has 0 aromatic rings. The van der Waals surface area contributed by atoms with Crippen LogP contribution in [0.5, 0.6) is 0 Å². The van der Waals surface area contributed by atoms with Gasteiger partial charge in [-0.05, 0) is 24.2 Å². The number of hydrogen-bond acceptors (Lipinski definition) is 2. The number of rotatable bonds is 1. The number of nitrogens with two attached hydrogens (primary N) is 2. The summed E-state index contributed by atoms with van der Waals surface area (Å²) in [7, 11) is 0. The van der Waals surface area contributed by atoms with Crippen LogP contribution >= 0.6 is 0 Å². The van der Waals surface area contributed by atoms with E-state index in [-0.39, 0.29) is 17.2 Å². The lowest BCUT2D eigenvalue weighted by molar-refractivity contribution is -0.124. The van der Waals surface area contributed by atoms with E-state index in [0.29, 0.717) is 6.42 Å². The Morgan fingerprint density at radius 1 is 1.50 bits per heavy atom. The molecule has 4 N–H and O–H groups in total. The van der Waals surface area contributed by atoms with Gasteiger partial charge in [0.05, 0.1) is 5.54 Å². The third-order valence-corrected chi connectivity index (χ3v) is 2.97. The van der Waals surface area contributed by atoms with Crippen LogP contribution in [0, 0.1) is 11.3 Å². The van der Waals surface area contributed by atoms with Crippen molar-refractivity contribution in [2.45, 2.75) is 39.2 Å². The van der Waals surface area contributed by atoms with Crippen molar-refractivity contribution in [1.82, 2.24) is 0 Å². The number of primary amides is 1. The topological polar surface area (TPSA) is 69.1 Å². The summed E-state index contributed by atoms with van der Waals surface area (Å²) in [6.45, 7) is 6.25. The second-order valence-electron chi connectivity index (χ2n) is 4.85. The fourth-order valence-electron chi connectivity index (χ4n) is 2.38. The van der Waals surface area contributed by atoms with Crippen LogP contribution < -0.4 is 11.5 Å². The van der Waals surface area contributed by atoms with Crippen molar-refractivity contribution in [3.8, 4) is 0 Å². The zero-order valence-electron chi connectivity index (χ0n) is 8.05. The molecule has 1 aliphatic carbocycles. The van der Waals surface area contributed by atoms with Crippen molar-refractivity contribution >= 4 is 5.91 Å². The van der Waals surface area contributed by atoms with E-state index in [0.717, 1.165) is 6.42 Å². The highest BCUT2D eigenvalue weighted by molar-refractivity contribution is 5.85. The largest absolute Gasteiger partial charge is 0.368 e. The lowest BCUT2D eigenvalue weighted by Gasteiger charge is -2.25. The lowest BCUT2D eigenvalue weighted by atomic mass is 9.87. The van der Waals surface area contributed by atoms with E-state index >= 15 is 0 Å². The third-order valence-electron chi connectivity index (χ3n) is 2.97. The van der Waals surface area contributed by atoms with Gasteiger partial charge in [-0.25, -0.2) is 0 Å². The predicted molar refractivity (Wildman–Crippen MR) is 48.3 cm³/mol. The van der Waals surface area contributed by atoms with Crippen LogP contribution in [0.1, 0.15) is 33.6 Å². The average molecular weight is 170 g/mol. The number of carbonyl (C=O) groups excluding carboxylic acids is 1. The maximum absolute atomic E-state index is 11.1. The highest BCUT2D eigenvalue weighted by Gasteiger charge is 2.49. The van der Waals surface area contributed by atoms with E-state index in [4.69, 9.17) is 11.5 Å². The molecule has 3 heteroatoms. The van der Waals surface area contributed by atoms with Gasteiger partial charge < -0.3 is 11.5 Å². The molecule has 1 saturated carbocycles. The van der Waals surface area contributed by atoms with E-state index < -0.39 is 5.54 Å². The second-order valence-corrected chi connectivity index (χ2v) is 4.85. The highest BCUT2D eigenvalue weighted by atomic mass is 16.1. The molecule has 1 fully saturated rings. The molecule has 0 bridgehead atoms. The first-order valence-electron chi connectivity index (χ1n) is 4.37. The Balaban J connectivity index is 2.89. The van der Waals surface area contributed by atoms with E-state index in [1.165, 1.54) is 0 Å². The first-order chi connectivity index (χ1) is 5.28. The van der Waals surface area contributed by atoms with Crippen molar-refractivity contribution in [1.29, 1.82) is 0 Å². The van der Waals surface area contributed by atoms with Gasteiger partial charge in [0.2, 0.25) is 5.91 Å². The van der Waals surface area contributed by atoms with Gasteiger partial charge in [-0.15, -0.1) is 0 Å². The average Bonchev–Trinajstić information content (AvgIpc) is 2.03. The standard InChI is InChI=1S/C9H18N2O/c1-6-4-8(2,3)5-9(6,11)7(10)12/h6H,4-5,11H2,1-3H3,(H2,10,12). The van der Waals surface area contributed by atoms with Crippen LogP contribution in [0.3, 0.4) is 0 Å². The summed E-state index contributed by atoms with van der Waals surface area (Å²) in [5, 5.41) is 0. The van der Waals surface area contributed by atoms with Gasteiger partial charge in [0.1, 0.15) is 0 Å². The number of carbonyl (C=O) groups is 1. The summed E-state index contributed by atoms with van der Waals surface area (Å²) >= 11 is 0. The summed E-state index contributed by atoms with van der Waals surface area (Å²) in [5.41, 5.74) is 10.6. The van der Waals surface area contributed by atoms with Gasteiger partial charge in [0.15, 0.2) is 0 Å². The highest BCUT2D eigenvalue weighted by Crippen LogP contribution is 2.45. The Hall–Kier alpha value is -0.570. The lowest BCUT2D eigenvalue weighted by Crippen LogP contribution is -2.54. The Kier molecular flexibility index (Phi) is 1.95. The number of hydrogen-bond donors (Lipinski definition) is 2. The van der Waals surface area contributed by atoms with Crippen molar-refractivity contribution < 1.29 is 4.79 Å².